The quantitative estimate of drug-likeness (QED) is 0.835. The van der Waals surface area contributed by atoms with Gasteiger partial charge in [0.25, 0.3) is 5.91 Å². The van der Waals surface area contributed by atoms with Crippen LogP contribution in [0.5, 0.6) is 11.5 Å². The van der Waals surface area contributed by atoms with Crippen LogP contribution in [0.3, 0.4) is 0 Å². The molecule has 6 heteroatoms. The van der Waals surface area contributed by atoms with Crippen LogP contribution in [0.25, 0.3) is 0 Å². The fraction of sp³-hybridized carbons (Fsp3) is 0.222. The fourth-order valence-electron chi connectivity index (χ4n) is 2.70. The van der Waals surface area contributed by atoms with Crippen molar-refractivity contribution in [2.24, 2.45) is 0 Å². The summed E-state index contributed by atoms with van der Waals surface area (Å²) in [7, 11) is 1.60. The van der Waals surface area contributed by atoms with E-state index in [1.165, 1.54) is 4.90 Å². The highest BCUT2D eigenvalue weighted by Crippen LogP contribution is 2.34. The number of hydrogen-bond acceptors (Lipinski definition) is 4. The second kappa shape index (κ2) is 6.81. The van der Waals surface area contributed by atoms with Gasteiger partial charge < -0.3 is 14.4 Å². The van der Waals surface area contributed by atoms with Crippen LogP contribution in [0.2, 0.25) is 5.02 Å². The van der Waals surface area contributed by atoms with Crippen LogP contribution >= 0.6 is 11.6 Å². The first-order valence-corrected chi connectivity index (χ1v) is 7.78. The predicted molar refractivity (Wildman–Crippen MR) is 89.3 cm³/mol. The number of nitrogens with zero attached hydrogens (tertiary/aromatic N) is 2. The summed E-state index contributed by atoms with van der Waals surface area (Å²) in [6.07, 6.45) is 0. The van der Waals surface area contributed by atoms with Crippen molar-refractivity contribution in [3.05, 3.63) is 58.6 Å². The van der Waals surface area contributed by atoms with Crippen molar-refractivity contribution < 1.29 is 14.3 Å². The molecule has 1 amide bonds. The molecule has 0 fully saturated rings. The zero-order chi connectivity index (χ0) is 17.1. The molecule has 0 N–H and O–H groups in total. The molecule has 2 aromatic carbocycles. The highest BCUT2D eigenvalue weighted by Gasteiger charge is 2.36. The third-order valence-electron chi connectivity index (χ3n) is 3.89. The second-order valence-corrected chi connectivity index (χ2v) is 5.72. The molecule has 1 unspecified atom stereocenters. The number of ether oxygens (including phenoxy) is 2. The first-order chi connectivity index (χ1) is 11.6. The van der Waals surface area contributed by atoms with Gasteiger partial charge in [-0.1, -0.05) is 11.6 Å². The number of carbonyl (C=O) groups excluding carboxylic acids is 1. The standard InChI is InChI=1S/C18H15ClN2O3/c1-23-13-3-5-14(6-4-13)24-9-8-21-17(11-20)16-10-12(19)2-7-15(16)18(21)22/h2-7,10,17H,8-9H2,1H3. The molecule has 0 saturated heterocycles. The molecule has 0 aromatic heterocycles. The Morgan fingerprint density at radius 3 is 2.58 bits per heavy atom. The fourth-order valence-corrected chi connectivity index (χ4v) is 2.88. The van der Waals surface area contributed by atoms with E-state index in [4.69, 9.17) is 21.1 Å². The first-order valence-electron chi connectivity index (χ1n) is 7.41. The molecular formula is C18H15ClN2O3. The molecule has 0 radical (unpaired) electrons. The normalized spacial score (nSPS) is 15.8. The molecule has 1 atom stereocenters. The number of nitriles is 1. The van der Waals surface area contributed by atoms with Crippen molar-refractivity contribution in [1.82, 2.24) is 4.90 Å². The maximum Gasteiger partial charge on any atom is 0.255 e. The van der Waals surface area contributed by atoms with Gasteiger partial charge in [-0.3, -0.25) is 4.79 Å². The largest absolute Gasteiger partial charge is 0.497 e. The molecule has 0 saturated carbocycles. The van der Waals surface area contributed by atoms with Gasteiger partial charge in [0, 0.05) is 16.1 Å². The lowest BCUT2D eigenvalue weighted by Gasteiger charge is -2.20. The van der Waals surface area contributed by atoms with E-state index in [0.29, 0.717) is 28.4 Å². The smallest absolute Gasteiger partial charge is 0.255 e. The van der Waals surface area contributed by atoms with Gasteiger partial charge in [-0.05, 0) is 42.5 Å². The summed E-state index contributed by atoms with van der Waals surface area (Å²) in [5.74, 6) is 1.25. The molecule has 3 rings (SSSR count). The van der Waals surface area contributed by atoms with E-state index in [-0.39, 0.29) is 12.5 Å². The minimum absolute atomic E-state index is 0.174. The molecule has 1 aliphatic rings. The van der Waals surface area contributed by atoms with Crippen molar-refractivity contribution in [3.63, 3.8) is 0 Å². The molecule has 1 heterocycles. The molecule has 0 aliphatic carbocycles. The molecular weight excluding hydrogens is 328 g/mol. The Bertz CT molecular complexity index is 799. The second-order valence-electron chi connectivity index (χ2n) is 5.29. The van der Waals surface area contributed by atoms with Crippen LogP contribution in [-0.2, 0) is 0 Å². The van der Waals surface area contributed by atoms with E-state index in [1.807, 2.05) is 0 Å². The average Bonchev–Trinajstić information content (AvgIpc) is 2.86. The van der Waals surface area contributed by atoms with Gasteiger partial charge in [0.15, 0.2) is 0 Å². The number of methoxy groups -OCH3 is 1. The van der Waals surface area contributed by atoms with Gasteiger partial charge in [0.05, 0.1) is 19.7 Å². The Hall–Kier alpha value is -2.71. The van der Waals surface area contributed by atoms with Gasteiger partial charge in [-0.15, -0.1) is 0 Å². The first kappa shape index (κ1) is 16.2. The molecule has 0 bridgehead atoms. The summed E-state index contributed by atoms with van der Waals surface area (Å²) in [5.41, 5.74) is 1.18. The van der Waals surface area contributed by atoms with E-state index in [0.717, 1.165) is 5.75 Å². The molecule has 5 nitrogen and oxygen atoms in total. The van der Waals surface area contributed by atoms with Gasteiger partial charge >= 0.3 is 0 Å². The van der Waals surface area contributed by atoms with Crippen molar-refractivity contribution in [2.75, 3.05) is 20.3 Å². The Morgan fingerprint density at radius 1 is 1.21 bits per heavy atom. The van der Waals surface area contributed by atoms with E-state index in [1.54, 1.807) is 49.6 Å². The Balaban J connectivity index is 1.67. The summed E-state index contributed by atoms with van der Waals surface area (Å²) < 4.78 is 10.7. The van der Waals surface area contributed by atoms with Crippen molar-refractivity contribution in [3.8, 4) is 17.6 Å². The number of rotatable bonds is 5. The third-order valence-corrected chi connectivity index (χ3v) is 4.13. The van der Waals surface area contributed by atoms with Crippen LogP contribution < -0.4 is 9.47 Å². The van der Waals surface area contributed by atoms with Gasteiger partial charge in [-0.2, -0.15) is 5.26 Å². The van der Waals surface area contributed by atoms with Gasteiger partial charge in [0.1, 0.15) is 24.1 Å². The highest BCUT2D eigenvalue weighted by molar-refractivity contribution is 6.30. The molecule has 1 aliphatic heterocycles. The average molecular weight is 343 g/mol. The van der Waals surface area contributed by atoms with E-state index < -0.39 is 6.04 Å². The summed E-state index contributed by atoms with van der Waals surface area (Å²) in [6, 6.07) is 13.7. The number of halogens is 1. The van der Waals surface area contributed by atoms with E-state index >= 15 is 0 Å². The van der Waals surface area contributed by atoms with Crippen LogP contribution in [0.4, 0.5) is 0 Å². The summed E-state index contributed by atoms with van der Waals surface area (Å²) in [5, 5.41) is 9.94. The third kappa shape index (κ3) is 3.01. The zero-order valence-corrected chi connectivity index (χ0v) is 13.8. The van der Waals surface area contributed by atoms with Crippen LogP contribution in [0.15, 0.2) is 42.5 Å². The van der Waals surface area contributed by atoms with E-state index in [9.17, 15) is 10.1 Å². The van der Waals surface area contributed by atoms with Crippen LogP contribution in [0.1, 0.15) is 22.0 Å². The SMILES string of the molecule is COc1ccc(OCCN2C(=O)c3ccc(Cl)cc3C2C#N)cc1. The number of carbonyl (C=O) groups is 1. The van der Waals surface area contributed by atoms with Crippen molar-refractivity contribution >= 4 is 17.5 Å². The Kier molecular flexibility index (Phi) is 4.59. The Labute approximate surface area is 145 Å². The van der Waals surface area contributed by atoms with Crippen molar-refractivity contribution in [2.45, 2.75) is 6.04 Å². The number of fused-ring (bicyclic) bond motifs is 1. The topological polar surface area (TPSA) is 62.6 Å². The Morgan fingerprint density at radius 2 is 1.92 bits per heavy atom. The highest BCUT2D eigenvalue weighted by atomic mass is 35.5. The summed E-state index contributed by atoms with van der Waals surface area (Å²) in [4.78, 5) is 14.0. The van der Waals surface area contributed by atoms with Crippen LogP contribution in [-0.4, -0.2) is 31.1 Å². The lowest BCUT2D eigenvalue weighted by atomic mass is 10.1. The number of amides is 1. The predicted octanol–water partition coefficient (Wildman–Crippen LogP) is 3.45. The van der Waals surface area contributed by atoms with Gasteiger partial charge in [-0.25, -0.2) is 0 Å². The molecule has 2 aromatic rings. The maximum absolute atomic E-state index is 12.5. The molecule has 122 valence electrons. The lowest BCUT2D eigenvalue weighted by Crippen LogP contribution is -2.31. The monoisotopic (exact) mass is 342 g/mol. The number of hydrogen-bond donors (Lipinski definition) is 0. The maximum atomic E-state index is 12.5. The zero-order valence-electron chi connectivity index (χ0n) is 13.0. The van der Waals surface area contributed by atoms with E-state index in [2.05, 4.69) is 6.07 Å². The summed E-state index contributed by atoms with van der Waals surface area (Å²) >= 11 is 5.98. The molecule has 24 heavy (non-hydrogen) atoms. The summed E-state index contributed by atoms with van der Waals surface area (Å²) in [6.45, 7) is 0.605. The van der Waals surface area contributed by atoms with Crippen LogP contribution in [0, 0.1) is 11.3 Å². The van der Waals surface area contributed by atoms with Crippen molar-refractivity contribution in [1.29, 1.82) is 5.26 Å². The minimum Gasteiger partial charge on any atom is -0.497 e. The minimum atomic E-state index is -0.634. The number of benzene rings is 2. The van der Waals surface area contributed by atoms with Gasteiger partial charge in [0.2, 0.25) is 0 Å². The molecule has 0 spiro atoms. The lowest BCUT2D eigenvalue weighted by molar-refractivity contribution is 0.0730.